The maximum Gasteiger partial charge on any atom is 0.123 e. The summed E-state index contributed by atoms with van der Waals surface area (Å²) in [6.07, 6.45) is 2.29. The number of rotatable bonds is 0. The van der Waals surface area contributed by atoms with Crippen molar-refractivity contribution in [1.82, 2.24) is 4.90 Å². The van der Waals surface area contributed by atoms with Crippen molar-refractivity contribution in [2.45, 2.75) is 31.3 Å². The molecule has 3 rings (SSSR count). The number of para-hydroxylation sites is 1. The van der Waals surface area contributed by atoms with Crippen molar-refractivity contribution < 1.29 is 4.74 Å². The smallest absolute Gasteiger partial charge is 0.123 e. The summed E-state index contributed by atoms with van der Waals surface area (Å²) in [6, 6.07) is 8.53. The number of hydrogen-bond donors (Lipinski definition) is 0. The van der Waals surface area contributed by atoms with E-state index in [-0.39, 0.29) is 5.60 Å². The zero-order chi connectivity index (χ0) is 11.2. The minimum atomic E-state index is 0.0454. The van der Waals surface area contributed by atoms with Gasteiger partial charge in [0.15, 0.2) is 0 Å². The summed E-state index contributed by atoms with van der Waals surface area (Å²) in [5, 5.41) is 0. The monoisotopic (exact) mass is 217 g/mol. The largest absolute Gasteiger partial charge is 0.487 e. The second-order valence-corrected chi connectivity index (χ2v) is 5.50. The number of benzene rings is 1. The first-order valence-corrected chi connectivity index (χ1v) is 6.13. The second kappa shape index (κ2) is 3.49. The zero-order valence-corrected chi connectivity index (χ0v) is 10.1. The number of fused-ring (bicyclic) bond motifs is 4. The molecule has 0 radical (unpaired) electrons. The lowest BCUT2D eigenvalue weighted by Gasteiger charge is -2.38. The summed E-state index contributed by atoms with van der Waals surface area (Å²) in [5.74, 6) is 1.75. The van der Waals surface area contributed by atoms with Crippen LogP contribution in [0.4, 0.5) is 0 Å². The van der Waals surface area contributed by atoms with E-state index in [1.807, 2.05) is 0 Å². The molecule has 2 heterocycles. The number of likely N-dealkylation sites (tertiary alicyclic amines) is 1. The standard InChI is InChI=1S/C14H19NO/c1-14-7-8-15(2)10-11(9-14)12-5-3-4-6-13(12)16-14/h3-6,11H,7-10H2,1-2H3. The van der Waals surface area contributed by atoms with Gasteiger partial charge in [-0.15, -0.1) is 0 Å². The Morgan fingerprint density at radius 2 is 2.19 bits per heavy atom. The van der Waals surface area contributed by atoms with Crippen LogP contribution < -0.4 is 4.74 Å². The van der Waals surface area contributed by atoms with E-state index in [1.165, 1.54) is 5.56 Å². The first-order valence-electron chi connectivity index (χ1n) is 6.13. The lowest BCUT2D eigenvalue weighted by Crippen LogP contribution is -2.37. The van der Waals surface area contributed by atoms with Gasteiger partial charge < -0.3 is 9.64 Å². The van der Waals surface area contributed by atoms with E-state index >= 15 is 0 Å². The van der Waals surface area contributed by atoms with Crippen LogP contribution in [0.1, 0.15) is 31.2 Å². The molecule has 1 saturated heterocycles. The highest BCUT2D eigenvalue weighted by Crippen LogP contribution is 2.43. The van der Waals surface area contributed by atoms with Gasteiger partial charge in [-0.05, 0) is 38.4 Å². The van der Waals surface area contributed by atoms with E-state index in [2.05, 4.69) is 43.1 Å². The van der Waals surface area contributed by atoms with Crippen LogP contribution in [0, 0.1) is 0 Å². The third kappa shape index (κ3) is 1.61. The Morgan fingerprint density at radius 1 is 1.38 bits per heavy atom. The van der Waals surface area contributed by atoms with Crippen LogP contribution in [0.25, 0.3) is 0 Å². The van der Waals surface area contributed by atoms with Crippen LogP contribution in [0.5, 0.6) is 5.75 Å². The van der Waals surface area contributed by atoms with E-state index in [1.54, 1.807) is 0 Å². The van der Waals surface area contributed by atoms with Gasteiger partial charge in [0.05, 0.1) is 0 Å². The third-order valence-corrected chi connectivity index (χ3v) is 3.95. The number of hydrogen-bond acceptors (Lipinski definition) is 2. The molecule has 2 bridgehead atoms. The molecule has 86 valence electrons. The first-order chi connectivity index (χ1) is 7.66. The molecule has 0 saturated carbocycles. The highest BCUT2D eigenvalue weighted by molar-refractivity contribution is 5.39. The molecule has 0 aromatic heterocycles. The molecule has 2 aliphatic rings. The maximum absolute atomic E-state index is 6.19. The predicted molar refractivity (Wildman–Crippen MR) is 64.9 cm³/mol. The quantitative estimate of drug-likeness (QED) is 0.662. The summed E-state index contributed by atoms with van der Waals surface area (Å²) in [4.78, 5) is 2.43. The van der Waals surface area contributed by atoms with Gasteiger partial charge >= 0.3 is 0 Å². The molecule has 1 aromatic rings. The molecule has 0 N–H and O–H groups in total. The summed E-state index contributed by atoms with van der Waals surface area (Å²) >= 11 is 0. The molecule has 0 amide bonds. The lowest BCUT2D eigenvalue weighted by molar-refractivity contribution is 0.0545. The van der Waals surface area contributed by atoms with Gasteiger partial charge in [-0.2, -0.15) is 0 Å². The third-order valence-electron chi connectivity index (χ3n) is 3.95. The van der Waals surface area contributed by atoms with Gasteiger partial charge in [0.1, 0.15) is 11.4 Å². The molecule has 2 atom stereocenters. The van der Waals surface area contributed by atoms with Crippen molar-refractivity contribution in [3.05, 3.63) is 29.8 Å². The fourth-order valence-electron chi connectivity index (χ4n) is 3.06. The van der Waals surface area contributed by atoms with Gasteiger partial charge in [-0.1, -0.05) is 18.2 Å². The van der Waals surface area contributed by atoms with Crippen LogP contribution in [0.2, 0.25) is 0 Å². The molecular formula is C14H19NO. The van der Waals surface area contributed by atoms with Crippen molar-refractivity contribution in [2.24, 2.45) is 0 Å². The molecule has 0 aliphatic carbocycles. The van der Waals surface area contributed by atoms with Gasteiger partial charge in [-0.3, -0.25) is 0 Å². The van der Waals surface area contributed by atoms with E-state index in [4.69, 9.17) is 4.74 Å². The lowest BCUT2D eigenvalue weighted by atomic mass is 9.83. The summed E-state index contributed by atoms with van der Waals surface area (Å²) < 4.78 is 6.19. The Hall–Kier alpha value is -1.02. The number of ether oxygens (including phenoxy) is 1. The highest BCUT2D eigenvalue weighted by atomic mass is 16.5. The summed E-state index contributed by atoms with van der Waals surface area (Å²) in [5.41, 5.74) is 1.44. The molecule has 2 unspecified atom stereocenters. The SMILES string of the molecule is CN1CCC2(C)CC(C1)c1ccccc1O2. The summed E-state index contributed by atoms with van der Waals surface area (Å²) in [7, 11) is 2.21. The Bertz CT molecular complexity index is 403. The molecule has 1 fully saturated rings. The van der Waals surface area contributed by atoms with E-state index in [9.17, 15) is 0 Å². The molecule has 0 spiro atoms. The molecule has 2 heteroatoms. The second-order valence-electron chi connectivity index (χ2n) is 5.50. The average Bonchev–Trinajstić information content (AvgIpc) is 2.37. The van der Waals surface area contributed by atoms with Crippen molar-refractivity contribution in [1.29, 1.82) is 0 Å². The van der Waals surface area contributed by atoms with Gasteiger partial charge in [0.2, 0.25) is 0 Å². The van der Waals surface area contributed by atoms with Crippen molar-refractivity contribution in [3.63, 3.8) is 0 Å². The van der Waals surface area contributed by atoms with Crippen molar-refractivity contribution in [3.8, 4) is 5.75 Å². The van der Waals surface area contributed by atoms with Crippen LogP contribution in [-0.2, 0) is 0 Å². The van der Waals surface area contributed by atoms with Gasteiger partial charge in [0, 0.05) is 19.0 Å². The Kier molecular flexibility index (Phi) is 2.21. The molecule has 16 heavy (non-hydrogen) atoms. The Balaban J connectivity index is 2.04. The number of nitrogens with zero attached hydrogens (tertiary/aromatic N) is 1. The summed E-state index contributed by atoms with van der Waals surface area (Å²) in [6.45, 7) is 4.56. The van der Waals surface area contributed by atoms with E-state index in [0.717, 1.165) is 31.7 Å². The van der Waals surface area contributed by atoms with Crippen LogP contribution >= 0.6 is 0 Å². The van der Waals surface area contributed by atoms with Crippen LogP contribution in [-0.4, -0.2) is 30.6 Å². The zero-order valence-electron chi connectivity index (χ0n) is 10.1. The topological polar surface area (TPSA) is 12.5 Å². The van der Waals surface area contributed by atoms with Crippen molar-refractivity contribution >= 4 is 0 Å². The van der Waals surface area contributed by atoms with Crippen molar-refractivity contribution in [2.75, 3.05) is 20.1 Å². The molecule has 1 aromatic carbocycles. The maximum atomic E-state index is 6.19. The van der Waals surface area contributed by atoms with E-state index in [0.29, 0.717) is 5.92 Å². The molecular weight excluding hydrogens is 198 g/mol. The minimum absolute atomic E-state index is 0.0454. The Morgan fingerprint density at radius 3 is 3.06 bits per heavy atom. The van der Waals surface area contributed by atoms with E-state index < -0.39 is 0 Å². The van der Waals surface area contributed by atoms with Gasteiger partial charge in [-0.25, -0.2) is 0 Å². The minimum Gasteiger partial charge on any atom is -0.487 e. The molecule has 2 nitrogen and oxygen atoms in total. The van der Waals surface area contributed by atoms with Crippen LogP contribution in [0.3, 0.4) is 0 Å². The fraction of sp³-hybridized carbons (Fsp3) is 0.571. The van der Waals surface area contributed by atoms with Gasteiger partial charge in [0.25, 0.3) is 0 Å². The number of likely N-dealkylation sites (N-methyl/N-ethyl adjacent to an activating group) is 1. The molecule has 2 aliphatic heterocycles. The highest BCUT2D eigenvalue weighted by Gasteiger charge is 2.39. The average molecular weight is 217 g/mol. The fourth-order valence-corrected chi connectivity index (χ4v) is 3.06. The Labute approximate surface area is 97.2 Å². The van der Waals surface area contributed by atoms with Crippen LogP contribution in [0.15, 0.2) is 24.3 Å². The predicted octanol–water partition coefficient (Wildman–Crippen LogP) is 2.65. The normalized spacial score (nSPS) is 33.8. The first kappa shape index (κ1) is 10.2.